The van der Waals surface area contributed by atoms with Gasteiger partial charge in [0.05, 0.1) is 0 Å². The molecule has 0 radical (unpaired) electrons. The lowest BCUT2D eigenvalue weighted by Gasteiger charge is -2.26. The molecule has 0 aliphatic heterocycles. The summed E-state index contributed by atoms with van der Waals surface area (Å²) < 4.78 is 0. The molecule has 8 aromatic carbocycles. The van der Waals surface area contributed by atoms with Gasteiger partial charge in [-0.15, -0.1) is 0 Å². The van der Waals surface area contributed by atoms with Gasteiger partial charge in [0.1, 0.15) is 0 Å². The molecule has 8 aromatic rings. The molecule has 2 heteroatoms. The fraction of sp³-hybridized carbons (Fsp3) is 0. The van der Waals surface area contributed by atoms with Gasteiger partial charge in [-0.3, -0.25) is 0 Å². The van der Waals surface area contributed by atoms with E-state index in [-0.39, 0.29) is 0 Å². The summed E-state index contributed by atoms with van der Waals surface area (Å²) >= 11 is 0. The van der Waals surface area contributed by atoms with Crippen LogP contribution in [0.1, 0.15) is 0 Å². The van der Waals surface area contributed by atoms with Crippen molar-refractivity contribution >= 4 is 34.1 Å². The number of hydrogen-bond acceptors (Lipinski definition) is 2. The average Bonchev–Trinajstić information content (AvgIpc) is 3.21. The van der Waals surface area contributed by atoms with Gasteiger partial charge in [0, 0.05) is 34.1 Å². The van der Waals surface area contributed by atoms with Crippen LogP contribution < -0.4 is 9.80 Å². The number of rotatable bonds is 9. The Balaban J connectivity index is 1.07. The third-order valence-electron chi connectivity index (χ3n) is 9.08. The Hall–Kier alpha value is -6.64. The summed E-state index contributed by atoms with van der Waals surface area (Å²) in [5.41, 5.74) is 13.9. The number of nitrogens with zero attached hydrogens (tertiary/aromatic N) is 2. The molecule has 0 aliphatic carbocycles. The van der Waals surface area contributed by atoms with Crippen molar-refractivity contribution in [2.75, 3.05) is 9.80 Å². The monoisotopic (exact) mass is 640 g/mol. The first-order valence-electron chi connectivity index (χ1n) is 17.0. The van der Waals surface area contributed by atoms with Gasteiger partial charge in [-0.25, -0.2) is 0 Å². The molecule has 8 rings (SSSR count). The number of benzene rings is 8. The van der Waals surface area contributed by atoms with Gasteiger partial charge < -0.3 is 9.80 Å². The Bertz CT molecular complexity index is 2080. The number of hydrogen-bond donors (Lipinski definition) is 0. The third-order valence-corrected chi connectivity index (χ3v) is 9.08. The van der Waals surface area contributed by atoms with Gasteiger partial charge in [0.15, 0.2) is 0 Å². The lowest BCUT2D eigenvalue weighted by atomic mass is 10.0. The molecule has 0 unspecified atom stereocenters. The van der Waals surface area contributed by atoms with Crippen LogP contribution in [0.5, 0.6) is 0 Å². The minimum absolute atomic E-state index is 1.11. The Morgan fingerprint density at radius 1 is 0.160 bits per heavy atom. The van der Waals surface area contributed by atoms with Crippen molar-refractivity contribution in [1.29, 1.82) is 0 Å². The minimum atomic E-state index is 1.11. The lowest BCUT2D eigenvalue weighted by Crippen LogP contribution is -2.10. The van der Waals surface area contributed by atoms with Crippen LogP contribution in [0.2, 0.25) is 0 Å². The van der Waals surface area contributed by atoms with E-state index in [1.165, 1.54) is 33.4 Å². The van der Waals surface area contributed by atoms with Crippen LogP contribution in [0.3, 0.4) is 0 Å². The van der Waals surface area contributed by atoms with E-state index in [1.807, 2.05) is 0 Å². The van der Waals surface area contributed by atoms with E-state index in [9.17, 15) is 0 Å². The molecule has 0 bridgehead atoms. The molecule has 0 fully saturated rings. The smallest absolute Gasteiger partial charge is 0.0462 e. The zero-order valence-corrected chi connectivity index (χ0v) is 27.7. The zero-order chi connectivity index (χ0) is 33.5. The molecule has 0 spiro atoms. The van der Waals surface area contributed by atoms with E-state index in [4.69, 9.17) is 0 Å². The molecule has 0 amide bonds. The van der Waals surface area contributed by atoms with E-state index in [0.717, 1.165) is 34.1 Å². The summed E-state index contributed by atoms with van der Waals surface area (Å²) in [5, 5.41) is 0. The molecule has 0 atom stereocenters. The number of para-hydroxylation sites is 2. The quantitative estimate of drug-likeness (QED) is 0.155. The van der Waals surface area contributed by atoms with E-state index in [1.54, 1.807) is 0 Å². The lowest BCUT2D eigenvalue weighted by molar-refractivity contribution is 1.28. The first kappa shape index (κ1) is 30.7. The summed E-state index contributed by atoms with van der Waals surface area (Å²) in [7, 11) is 0. The predicted octanol–water partition coefficient (Wildman–Crippen LogP) is 13.6. The first-order valence-corrected chi connectivity index (χ1v) is 17.0. The van der Waals surface area contributed by atoms with Crippen molar-refractivity contribution in [3.05, 3.63) is 218 Å². The fourth-order valence-corrected chi connectivity index (χ4v) is 6.52. The Morgan fingerprint density at radius 3 is 0.580 bits per heavy atom. The summed E-state index contributed by atoms with van der Waals surface area (Å²) in [6, 6.07) is 77.5. The maximum atomic E-state index is 2.31. The second kappa shape index (κ2) is 14.2. The van der Waals surface area contributed by atoms with Crippen molar-refractivity contribution in [2.45, 2.75) is 0 Å². The van der Waals surface area contributed by atoms with Crippen molar-refractivity contribution in [2.24, 2.45) is 0 Å². The van der Waals surface area contributed by atoms with E-state index < -0.39 is 0 Å². The second-order valence-corrected chi connectivity index (χ2v) is 12.3. The van der Waals surface area contributed by atoms with Crippen LogP contribution in [-0.2, 0) is 0 Å². The molecular formula is C48H36N2. The van der Waals surface area contributed by atoms with Gasteiger partial charge in [0.25, 0.3) is 0 Å². The summed E-state index contributed by atoms with van der Waals surface area (Å²) in [6.45, 7) is 0. The highest BCUT2D eigenvalue weighted by molar-refractivity contribution is 5.82. The van der Waals surface area contributed by atoms with Crippen LogP contribution in [0.25, 0.3) is 33.4 Å². The third kappa shape index (κ3) is 6.56. The molecule has 238 valence electrons. The molecule has 0 saturated heterocycles. The topological polar surface area (TPSA) is 6.48 Å². The minimum Gasteiger partial charge on any atom is -0.311 e. The van der Waals surface area contributed by atoms with E-state index >= 15 is 0 Å². The first-order chi connectivity index (χ1) is 24.8. The number of anilines is 6. The van der Waals surface area contributed by atoms with Gasteiger partial charge in [0.2, 0.25) is 0 Å². The van der Waals surface area contributed by atoms with Crippen LogP contribution in [0.15, 0.2) is 218 Å². The van der Waals surface area contributed by atoms with Crippen molar-refractivity contribution in [3.8, 4) is 33.4 Å². The van der Waals surface area contributed by atoms with Crippen LogP contribution >= 0.6 is 0 Å². The van der Waals surface area contributed by atoms with Gasteiger partial charge in [-0.1, -0.05) is 146 Å². The maximum absolute atomic E-state index is 2.31. The van der Waals surface area contributed by atoms with E-state index in [2.05, 4.69) is 228 Å². The van der Waals surface area contributed by atoms with Crippen LogP contribution in [0.4, 0.5) is 34.1 Å². The van der Waals surface area contributed by atoms with Crippen LogP contribution in [0, 0.1) is 0 Å². The summed E-state index contributed by atoms with van der Waals surface area (Å²) in [6.07, 6.45) is 0. The Morgan fingerprint density at radius 2 is 0.340 bits per heavy atom. The fourth-order valence-electron chi connectivity index (χ4n) is 6.52. The average molecular weight is 641 g/mol. The highest BCUT2D eigenvalue weighted by atomic mass is 15.1. The normalized spacial score (nSPS) is 10.8. The second-order valence-electron chi connectivity index (χ2n) is 12.3. The standard InChI is InChI=1S/C48H36N2/c1-5-13-37(14-6-1)39-21-29-45(30-22-39)49(43-17-9-3-10-18-43)47-33-25-41(26-34-47)42-27-35-48(36-28-42)50(44-19-11-4-12-20-44)46-31-23-40(24-32-46)38-15-7-2-8-16-38/h1-36H. The van der Waals surface area contributed by atoms with Crippen LogP contribution in [-0.4, -0.2) is 0 Å². The molecule has 0 N–H and O–H groups in total. The van der Waals surface area contributed by atoms with Crippen molar-refractivity contribution < 1.29 is 0 Å². The highest BCUT2D eigenvalue weighted by Crippen LogP contribution is 2.39. The zero-order valence-electron chi connectivity index (χ0n) is 27.7. The van der Waals surface area contributed by atoms with Crippen molar-refractivity contribution in [1.82, 2.24) is 0 Å². The molecule has 0 aliphatic rings. The van der Waals surface area contributed by atoms with Gasteiger partial charge >= 0.3 is 0 Å². The summed E-state index contributed by atoms with van der Waals surface area (Å²) in [4.78, 5) is 4.62. The summed E-state index contributed by atoms with van der Waals surface area (Å²) in [5.74, 6) is 0. The molecule has 0 saturated carbocycles. The SMILES string of the molecule is c1ccc(-c2ccc(N(c3ccccc3)c3ccc(-c4ccc(N(c5ccccc5)c5ccc(-c6ccccc6)cc5)cc4)cc3)cc2)cc1. The highest BCUT2D eigenvalue weighted by Gasteiger charge is 2.15. The van der Waals surface area contributed by atoms with E-state index in [0.29, 0.717) is 0 Å². The maximum Gasteiger partial charge on any atom is 0.0462 e. The largest absolute Gasteiger partial charge is 0.311 e. The molecule has 0 aromatic heterocycles. The molecule has 50 heavy (non-hydrogen) atoms. The Labute approximate surface area is 294 Å². The molecule has 2 nitrogen and oxygen atoms in total. The molecular weight excluding hydrogens is 605 g/mol. The molecule has 0 heterocycles. The van der Waals surface area contributed by atoms with Gasteiger partial charge in [-0.05, 0) is 106 Å². The predicted molar refractivity (Wildman–Crippen MR) is 212 cm³/mol. The van der Waals surface area contributed by atoms with Crippen molar-refractivity contribution in [3.63, 3.8) is 0 Å². The Kier molecular flexibility index (Phi) is 8.73. The van der Waals surface area contributed by atoms with Gasteiger partial charge in [-0.2, -0.15) is 0 Å².